The van der Waals surface area contributed by atoms with Gasteiger partial charge in [-0.1, -0.05) is 29.3 Å². The Labute approximate surface area is 135 Å². The summed E-state index contributed by atoms with van der Waals surface area (Å²) in [6.45, 7) is 1.59. The highest BCUT2D eigenvalue weighted by atomic mass is 35.5. The summed E-state index contributed by atoms with van der Waals surface area (Å²) in [6, 6.07) is 4.89. The first-order valence-electron chi connectivity index (χ1n) is 6.04. The lowest BCUT2D eigenvalue weighted by molar-refractivity contribution is 0.458. The van der Waals surface area contributed by atoms with E-state index in [-0.39, 0.29) is 24.1 Å². The SMILES string of the molecule is Cl.NCC1CCN(S(=O)(=O)Cc2ccc(Cl)c(Cl)c2)C1. The molecule has 0 aliphatic carbocycles. The molecule has 2 N–H and O–H groups in total. The Kier molecular flexibility index (Phi) is 6.57. The fourth-order valence-corrected chi connectivity index (χ4v) is 4.10. The van der Waals surface area contributed by atoms with Gasteiger partial charge in [-0.2, -0.15) is 0 Å². The largest absolute Gasteiger partial charge is 0.330 e. The van der Waals surface area contributed by atoms with Crippen molar-refractivity contribution in [3.8, 4) is 0 Å². The normalized spacial score (nSPS) is 19.9. The molecule has 1 aliphatic heterocycles. The van der Waals surface area contributed by atoms with Crippen molar-refractivity contribution in [1.29, 1.82) is 0 Å². The minimum Gasteiger partial charge on any atom is -0.330 e. The summed E-state index contributed by atoms with van der Waals surface area (Å²) in [5.74, 6) is 0.213. The molecule has 1 unspecified atom stereocenters. The molecule has 1 aromatic rings. The average Bonchev–Trinajstić information content (AvgIpc) is 2.83. The van der Waals surface area contributed by atoms with Crippen molar-refractivity contribution in [3.63, 3.8) is 0 Å². The van der Waals surface area contributed by atoms with Gasteiger partial charge in [0.05, 0.1) is 15.8 Å². The lowest BCUT2D eigenvalue weighted by Crippen LogP contribution is -2.31. The van der Waals surface area contributed by atoms with Crippen LogP contribution < -0.4 is 5.73 Å². The minimum atomic E-state index is -3.31. The van der Waals surface area contributed by atoms with E-state index in [4.69, 9.17) is 28.9 Å². The van der Waals surface area contributed by atoms with E-state index in [9.17, 15) is 8.42 Å². The van der Waals surface area contributed by atoms with Crippen LogP contribution in [0.15, 0.2) is 18.2 Å². The van der Waals surface area contributed by atoms with Gasteiger partial charge in [0, 0.05) is 13.1 Å². The van der Waals surface area contributed by atoms with Crippen LogP contribution in [0.5, 0.6) is 0 Å². The molecule has 20 heavy (non-hydrogen) atoms. The van der Waals surface area contributed by atoms with Crippen LogP contribution in [0.3, 0.4) is 0 Å². The van der Waals surface area contributed by atoms with Gasteiger partial charge in [-0.25, -0.2) is 12.7 Å². The van der Waals surface area contributed by atoms with Crippen LogP contribution in [0, 0.1) is 5.92 Å². The second kappa shape index (κ2) is 7.29. The van der Waals surface area contributed by atoms with Crippen molar-refractivity contribution in [2.45, 2.75) is 12.2 Å². The highest BCUT2D eigenvalue weighted by Gasteiger charge is 2.30. The van der Waals surface area contributed by atoms with E-state index in [1.54, 1.807) is 18.2 Å². The van der Waals surface area contributed by atoms with Crippen molar-refractivity contribution in [1.82, 2.24) is 4.31 Å². The maximum Gasteiger partial charge on any atom is 0.218 e. The lowest BCUT2D eigenvalue weighted by Gasteiger charge is -2.16. The Morgan fingerprint density at radius 3 is 2.55 bits per heavy atom. The fraction of sp³-hybridized carbons (Fsp3) is 0.500. The highest BCUT2D eigenvalue weighted by molar-refractivity contribution is 7.88. The summed E-state index contributed by atoms with van der Waals surface area (Å²) in [4.78, 5) is 0. The molecule has 0 spiro atoms. The first kappa shape index (κ1) is 18.0. The Balaban J connectivity index is 0.00000200. The fourth-order valence-electron chi connectivity index (χ4n) is 2.17. The molecule has 0 radical (unpaired) electrons. The van der Waals surface area contributed by atoms with E-state index in [1.807, 2.05) is 0 Å². The Hall–Kier alpha value is -0.0400. The monoisotopic (exact) mass is 358 g/mol. The summed E-state index contributed by atoms with van der Waals surface area (Å²) in [6.07, 6.45) is 0.830. The van der Waals surface area contributed by atoms with Gasteiger partial charge in [0.2, 0.25) is 10.0 Å². The molecule has 4 nitrogen and oxygen atoms in total. The maximum atomic E-state index is 12.3. The summed E-state index contributed by atoms with van der Waals surface area (Å²) in [5.41, 5.74) is 6.22. The van der Waals surface area contributed by atoms with Crippen molar-refractivity contribution < 1.29 is 8.42 Å². The quantitative estimate of drug-likeness (QED) is 0.898. The predicted octanol–water partition coefficient (Wildman–Crippen LogP) is 2.53. The van der Waals surface area contributed by atoms with Crippen molar-refractivity contribution >= 4 is 45.6 Å². The van der Waals surface area contributed by atoms with Gasteiger partial charge >= 0.3 is 0 Å². The molecule has 114 valence electrons. The highest BCUT2D eigenvalue weighted by Crippen LogP contribution is 2.25. The number of sulfonamides is 1. The number of rotatable bonds is 4. The third-order valence-electron chi connectivity index (χ3n) is 3.31. The van der Waals surface area contributed by atoms with Gasteiger partial charge in [0.25, 0.3) is 0 Å². The van der Waals surface area contributed by atoms with E-state index in [1.165, 1.54) is 4.31 Å². The molecule has 1 aliphatic rings. The van der Waals surface area contributed by atoms with Gasteiger partial charge in [-0.15, -0.1) is 12.4 Å². The molecule has 1 saturated heterocycles. The molecule has 0 saturated carbocycles. The van der Waals surface area contributed by atoms with Gasteiger partial charge in [-0.05, 0) is 36.6 Å². The molecule has 2 rings (SSSR count). The van der Waals surface area contributed by atoms with E-state index < -0.39 is 10.0 Å². The zero-order valence-corrected chi connectivity index (χ0v) is 13.9. The Bertz CT molecular complexity index is 566. The summed E-state index contributed by atoms with van der Waals surface area (Å²) < 4.78 is 26.0. The number of hydrogen-bond donors (Lipinski definition) is 1. The second-order valence-corrected chi connectivity index (χ2v) is 7.54. The van der Waals surface area contributed by atoms with Crippen LogP contribution in [-0.4, -0.2) is 32.4 Å². The zero-order chi connectivity index (χ0) is 14.0. The van der Waals surface area contributed by atoms with Crippen LogP contribution in [0.25, 0.3) is 0 Å². The molecule has 1 atom stereocenters. The third kappa shape index (κ3) is 4.23. The second-order valence-electron chi connectivity index (χ2n) is 4.75. The lowest BCUT2D eigenvalue weighted by atomic mass is 10.1. The summed E-state index contributed by atoms with van der Waals surface area (Å²) in [5, 5.41) is 0.794. The number of nitrogens with zero attached hydrogens (tertiary/aromatic N) is 1. The molecular formula is C12H17Cl3N2O2S. The van der Waals surface area contributed by atoms with Gasteiger partial charge < -0.3 is 5.73 Å². The smallest absolute Gasteiger partial charge is 0.218 e. The Morgan fingerprint density at radius 1 is 1.30 bits per heavy atom. The number of nitrogens with two attached hydrogens (primary N) is 1. The van der Waals surface area contributed by atoms with Crippen molar-refractivity contribution in [2.24, 2.45) is 11.7 Å². The topological polar surface area (TPSA) is 63.4 Å². The summed E-state index contributed by atoms with van der Waals surface area (Å²) >= 11 is 11.7. The van der Waals surface area contributed by atoms with Crippen LogP contribution in [-0.2, 0) is 15.8 Å². The number of halogens is 3. The third-order valence-corrected chi connectivity index (χ3v) is 5.86. The minimum absolute atomic E-state index is 0. The van der Waals surface area contributed by atoms with Gasteiger partial charge in [0.1, 0.15) is 0 Å². The van der Waals surface area contributed by atoms with Crippen LogP contribution >= 0.6 is 35.6 Å². The first-order valence-corrected chi connectivity index (χ1v) is 8.40. The summed E-state index contributed by atoms with van der Waals surface area (Å²) in [7, 11) is -3.31. The van der Waals surface area contributed by atoms with Crippen LogP contribution in [0.1, 0.15) is 12.0 Å². The Morgan fingerprint density at radius 2 is 2.00 bits per heavy atom. The number of hydrogen-bond acceptors (Lipinski definition) is 3. The van der Waals surface area contributed by atoms with E-state index in [2.05, 4.69) is 0 Å². The number of benzene rings is 1. The molecule has 0 amide bonds. The molecule has 0 bridgehead atoms. The molecular weight excluding hydrogens is 343 g/mol. The molecule has 0 aromatic heterocycles. The predicted molar refractivity (Wildman–Crippen MR) is 85.1 cm³/mol. The standard InChI is InChI=1S/C12H16Cl2N2O2S.ClH/c13-11-2-1-9(5-12(11)14)8-19(17,18)16-4-3-10(6-15)7-16;/h1-2,5,10H,3-4,6-8,15H2;1H. The molecule has 8 heteroatoms. The van der Waals surface area contributed by atoms with Gasteiger partial charge in [0.15, 0.2) is 0 Å². The van der Waals surface area contributed by atoms with Crippen LogP contribution in [0.2, 0.25) is 10.0 Å². The molecule has 1 heterocycles. The first-order chi connectivity index (χ1) is 8.92. The van der Waals surface area contributed by atoms with Crippen LogP contribution in [0.4, 0.5) is 0 Å². The van der Waals surface area contributed by atoms with E-state index >= 15 is 0 Å². The molecule has 1 fully saturated rings. The maximum absolute atomic E-state index is 12.3. The van der Waals surface area contributed by atoms with E-state index in [0.717, 1.165) is 6.42 Å². The van der Waals surface area contributed by atoms with Crippen molar-refractivity contribution in [3.05, 3.63) is 33.8 Å². The van der Waals surface area contributed by atoms with Crippen molar-refractivity contribution in [2.75, 3.05) is 19.6 Å². The molecule has 1 aromatic carbocycles. The van der Waals surface area contributed by atoms with E-state index in [0.29, 0.717) is 35.2 Å². The van der Waals surface area contributed by atoms with Gasteiger partial charge in [-0.3, -0.25) is 0 Å². The zero-order valence-electron chi connectivity index (χ0n) is 10.8. The average molecular weight is 360 g/mol.